The van der Waals surface area contributed by atoms with Crippen molar-refractivity contribution in [3.8, 4) is 73.0 Å². The van der Waals surface area contributed by atoms with E-state index in [4.69, 9.17) is 14.7 Å². The van der Waals surface area contributed by atoms with Crippen molar-refractivity contribution in [2.24, 2.45) is 0 Å². The Balaban J connectivity index is 0.00000653. The van der Waals surface area contributed by atoms with Crippen LogP contribution in [0.2, 0.25) is 0 Å². The monoisotopic (exact) mass is 1290 g/mol. The topological polar surface area (TPSA) is 51.4 Å². The molecule has 2 aliphatic heterocycles. The zero-order valence-electron chi connectivity index (χ0n) is 48.8. The first-order valence-corrected chi connectivity index (χ1v) is 29.9. The number of anilines is 4. The number of benzene rings is 10. The molecule has 0 saturated carbocycles. The molecular formula is C78H63N6OPt-3. The van der Waals surface area contributed by atoms with E-state index in [-0.39, 0.29) is 32.9 Å². The molecule has 0 spiro atoms. The van der Waals surface area contributed by atoms with Crippen molar-refractivity contribution in [3.63, 3.8) is 0 Å². The van der Waals surface area contributed by atoms with Gasteiger partial charge in [-0.25, -0.2) is 9.97 Å². The SMILES string of the molecule is Cc1cc(-n2c3[c-]c(Oc4[c-]c(N5[CH-]N(c6ccc(-c7ccccc7)cc6-c6cccc(-c7ccccc7)c6)c6cc7c(cc65)nc5n7CCCC5)cc(-c5c(C(C)C)cccc5C(C)C)c4)ccc3c3ccccc32)ncc1-c1ccccc1.[Pt]. The fraction of sp³-hybridized carbons (Fsp3) is 0.141. The van der Waals surface area contributed by atoms with Gasteiger partial charge >= 0.3 is 0 Å². The van der Waals surface area contributed by atoms with Gasteiger partial charge < -0.3 is 23.7 Å². The smallest absolute Gasteiger partial charge is 0.135 e. The van der Waals surface area contributed by atoms with Crippen molar-refractivity contribution >= 4 is 55.6 Å². The summed E-state index contributed by atoms with van der Waals surface area (Å²) in [5, 5.41) is 2.19. The molecular weight excluding hydrogens is 1230 g/mol. The number of hydrogen-bond acceptors (Lipinski definition) is 5. The van der Waals surface area contributed by atoms with Crippen LogP contribution >= 0.6 is 0 Å². The Labute approximate surface area is 518 Å². The molecule has 424 valence electrons. The van der Waals surface area contributed by atoms with Crippen molar-refractivity contribution in [2.45, 2.75) is 72.3 Å². The van der Waals surface area contributed by atoms with Crippen LogP contribution < -0.4 is 14.5 Å². The van der Waals surface area contributed by atoms with Gasteiger partial charge in [0.1, 0.15) is 11.6 Å². The molecule has 2 aliphatic rings. The number of rotatable bonds is 12. The van der Waals surface area contributed by atoms with Gasteiger partial charge in [0.25, 0.3) is 0 Å². The predicted molar refractivity (Wildman–Crippen MR) is 351 cm³/mol. The molecule has 10 aromatic carbocycles. The van der Waals surface area contributed by atoms with E-state index >= 15 is 0 Å². The molecule has 0 aliphatic carbocycles. The molecule has 0 amide bonds. The maximum absolute atomic E-state index is 7.23. The van der Waals surface area contributed by atoms with Crippen LogP contribution in [0.3, 0.4) is 0 Å². The molecule has 15 rings (SSSR count). The molecule has 3 aromatic heterocycles. The number of ether oxygens (including phenoxy) is 1. The van der Waals surface area contributed by atoms with Gasteiger partial charge in [-0.05, 0) is 135 Å². The van der Waals surface area contributed by atoms with Crippen LogP contribution in [0, 0.1) is 25.7 Å². The van der Waals surface area contributed by atoms with E-state index in [1.54, 1.807) is 0 Å². The van der Waals surface area contributed by atoms with Crippen LogP contribution in [-0.4, -0.2) is 19.1 Å². The molecule has 8 heteroatoms. The number of para-hydroxylation sites is 1. The summed E-state index contributed by atoms with van der Waals surface area (Å²) in [6.45, 7) is 14.5. The molecule has 0 atom stereocenters. The van der Waals surface area contributed by atoms with Crippen molar-refractivity contribution in [2.75, 3.05) is 9.80 Å². The third kappa shape index (κ3) is 9.78. The average Bonchev–Trinajstić information content (AvgIpc) is 2.02. The van der Waals surface area contributed by atoms with Gasteiger partial charge in [0.05, 0.1) is 11.0 Å². The third-order valence-electron chi connectivity index (χ3n) is 17.3. The summed E-state index contributed by atoms with van der Waals surface area (Å²) in [6, 6.07) is 86.3. The van der Waals surface area contributed by atoms with Crippen molar-refractivity contribution in [1.29, 1.82) is 0 Å². The van der Waals surface area contributed by atoms with Gasteiger partial charge in [-0.1, -0.05) is 185 Å². The van der Waals surface area contributed by atoms with Gasteiger partial charge in [0.2, 0.25) is 0 Å². The Morgan fingerprint density at radius 3 is 1.90 bits per heavy atom. The number of aryl methyl sites for hydroxylation is 3. The second-order valence-electron chi connectivity index (χ2n) is 23.4. The summed E-state index contributed by atoms with van der Waals surface area (Å²) >= 11 is 0. The molecule has 0 fully saturated rings. The minimum Gasteiger partial charge on any atom is -0.509 e. The van der Waals surface area contributed by atoms with Crippen molar-refractivity contribution in [1.82, 2.24) is 19.1 Å². The van der Waals surface area contributed by atoms with E-state index in [1.807, 2.05) is 18.3 Å². The molecule has 0 radical (unpaired) electrons. The summed E-state index contributed by atoms with van der Waals surface area (Å²) in [5.74, 6) is 3.65. The van der Waals surface area contributed by atoms with E-state index in [2.05, 4.69) is 279 Å². The van der Waals surface area contributed by atoms with Crippen LogP contribution in [0.15, 0.2) is 225 Å². The molecule has 13 aromatic rings. The average molecular weight is 1300 g/mol. The first-order chi connectivity index (χ1) is 41.7. The van der Waals surface area contributed by atoms with Gasteiger partial charge in [-0.15, -0.1) is 53.6 Å². The maximum atomic E-state index is 7.23. The van der Waals surface area contributed by atoms with Gasteiger partial charge in [0.15, 0.2) is 0 Å². The minimum atomic E-state index is 0. The van der Waals surface area contributed by atoms with E-state index in [9.17, 15) is 0 Å². The summed E-state index contributed by atoms with van der Waals surface area (Å²) in [6.07, 6.45) is 5.23. The first-order valence-electron chi connectivity index (χ1n) is 29.9. The molecule has 0 bridgehead atoms. The molecule has 86 heavy (non-hydrogen) atoms. The second kappa shape index (κ2) is 22.6. The summed E-state index contributed by atoms with van der Waals surface area (Å²) < 4.78 is 11.9. The molecule has 0 N–H and O–H groups in total. The van der Waals surface area contributed by atoms with Crippen LogP contribution in [0.4, 0.5) is 22.7 Å². The van der Waals surface area contributed by atoms with Crippen LogP contribution in [-0.2, 0) is 34.0 Å². The summed E-state index contributed by atoms with van der Waals surface area (Å²) in [7, 11) is 0. The van der Waals surface area contributed by atoms with E-state index < -0.39 is 0 Å². The predicted octanol–water partition coefficient (Wildman–Crippen LogP) is 20.6. The Bertz CT molecular complexity index is 4670. The Hall–Kier alpha value is -9.29. The number of imidazole rings is 1. The zero-order valence-corrected chi connectivity index (χ0v) is 51.1. The van der Waals surface area contributed by atoms with Gasteiger partial charge in [-0.2, -0.15) is 6.07 Å². The largest absolute Gasteiger partial charge is 0.509 e. The van der Waals surface area contributed by atoms with Crippen LogP contribution in [0.5, 0.6) is 11.5 Å². The van der Waals surface area contributed by atoms with Crippen molar-refractivity contribution in [3.05, 3.63) is 266 Å². The standard InChI is InChI=1S/C78H63N6O.Pt/c1-50(2)63-30-20-31-64(51(3)4)78(63)59-41-60(44-62(42-59)85-61-35-36-66-65-29-15-16-32-71(65)84(72(66)45-61)77-39-52(5)68(48-79-77)55-25-13-8-14-26-55)82-49-83(75-47-73-69(46-74(75)82)80-76-33-17-18-38-81(73)76)70-37-34-57(54-23-11-7-12-24-54)43-67(70)58-28-19-27-56(40-58)53-21-9-6-10-22-53;/h6-16,19-32,34-37,39-43,46-51H,17-18,33,38H2,1-5H3;/q-3;. The Morgan fingerprint density at radius 2 is 1.16 bits per heavy atom. The Morgan fingerprint density at radius 1 is 0.500 bits per heavy atom. The van der Waals surface area contributed by atoms with E-state index in [1.165, 1.54) is 22.3 Å². The fourth-order valence-corrected chi connectivity index (χ4v) is 13.1. The maximum Gasteiger partial charge on any atom is 0.135 e. The molecule has 0 saturated heterocycles. The summed E-state index contributed by atoms with van der Waals surface area (Å²) in [4.78, 5) is 15.2. The molecule has 0 unspecified atom stereocenters. The van der Waals surface area contributed by atoms with E-state index in [0.29, 0.717) is 11.5 Å². The number of aromatic nitrogens is 4. The normalized spacial score (nSPS) is 13.0. The van der Waals surface area contributed by atoms with Crippen LogP contribution in [0.1, 0.15) is 74.9 Å². The number of nitrogens with zero attached hydrogens (tertiary/aromatic N) is 6. The Kier molecular flexibility index (Phi) is 14.4. The third-order valence-corrected chi connectivity index (χ3v) is 17.3. The minimum absolute atomic E-state index is 0. The van der Waals surface area contributed by atoms with Crippen molar-refractivity contribution < 1.29 is 25.8 Å². The number of pyridine rings is 1. The fourth-order valence-electron chi connectivity index (χ4n) is 13.1. The zero-order chi connectivity index (χ0) is 57.3. The molecule has 7 nitrogen and oxygen atoms in total. The number of fused-ring (bicyclic) bond motifs is 7. The quantitative estimate of drug-likeness (QED) is 0.114. The van der Waals surface area contributed by atoms with Gasteiger partial charge in [0, 0.05) is 85.4 Å². The van der Waals surface area contributed by atoms with Gasteiger partial charge in [-0.3, -0.25) is 0 Å². The van der Waals surface area contributed by atoms with E-state index in [0.717, 1.165) is 143 Å². The van der Waals surface area contributed by atoms with Crippen LogP contribution in [0.25, 0.3) is 94.3 Å². The number of hydrogen-bond donors (Lipinski definition) is 0. The second-order valence-corrected chi connectivity index (χ2v) is 23.4. The molecule has 5 heterocycles. The summed E-state index contributed by atoms with van der Waals surface area (Å²) in [5.41, 5.74) is 23.2. The first kappa shape index (κ1) is 54.6.